The molecule has 0 radical (unpaired) electrons. The summed E-state index contributed by atoms with van der Waals surface area (Å²) in [5.74, 6) is -0.940. The maximum absolute atomic E-state index is 11.7. The van der Waals surface area contributed by atoms with Crippen LogP contribution in [0.4, 0.5) is 5.69 Å². The van der Waals surface area contributed by atoms with Crippen LogP contribution >= 0.6 is 11.6 Å². The Kier molecular flexibility index (Phi) is 4.35. The number of ether oxygens (including phenoxy) is 1. The van der Waals surface area contributed by atoms with Gasteiger partial charge in [-0.1, -0.05) is 11.6 Å². The zero-order valence-electron chi connectivity index (χ0n) is 10.8. The zero-order chi connectivity index (χ0) is 13.9. The van der Waals surface area contributed by atoms with Crippen molar-refractivity contribution in [3.8, 4) is 0 Å². The maximum atomic E-state index is 11.7. The van der Waals surface area contributed by atoms with Crippen molar-refractivity contribution in [1.82, 2.24) is 0 Å². The number of nitrogens with one attached hydrogen (secondary N) is 1. The van der Waals surface area contributed by atoms with Crippen LogP contribution in [0, 0.1) is 6.92 Å². The van der Waals surface area contributed by atoms with Gasteiger partial charge in [0.1, 0.15) is 0 Å². The summed E-state index contributed by atoms with van der Waals surface area (Å²) in [6.45, 7) is 4.68. The Hall–Kier alpha value is -1.55. The number of carbonyl (C=O) groups is 2. The minimum Gasteiger partial charge on any atom is -0.467 e. The van der Waals surface area contributed by atoms with Gasteiger partial charge in [-0.15, -0.1) is 0 Å². The summed E-state index contributed by atoms with van der Waals surface area (Å²) in [6.07, 6.45) is 0. The van der Waals surface area contributed by atoms with Crippen LogP contribution in [0.15, 0.2) is 18.2 Å². The number of carbonyl (C=O) groups excluding carboxylic acids is 2. The molecule has 1 aromatic carbocycles. The fraction of sp³-hybridized carbons (Fsp3) is 0.385. The summed E-state index contributed by atoms with van der Waals surface area (Å²) in [5.41, 5.74) is 0.104. The number of aryl methyl sites for hydroxylation is 1. The number of Topliss-reactive ketones (excluding diaryl/α,β-unsaturated/α-hetero) is 1. The van der Waals surface area contributed by atoms with Crippen molar-refractivity contribution in [2.45, 2.75) is 26.3 Å². The summed E-state index contributed by atoms with van der Waals surface area (Å²) in [4.78, 5) is 23.3. The molecule has 0 spiro atoms. The molecule has 0 aliphatic heterocycles. The van der Waals surface area contributed by atoms with E-state index in [4.69, 9.17) is 11.6 Å². The number of esters is 1. The van der Waals surface area contributed by atoms with Gasteiger partial charge in [0.05, 0.1) is 7.11 Å². The van der Waals surface area contributed by atoms with Crippen LogP contribution in [0.25, 0.3) is 0 Å². The molecule has 98 valence electrons. The fourth-order valence-electron chi connectivity index (χ4n) is 1.50. The van der Waals surface area contributed by atoms with Gasteiger partial charge in [0.2, 0.25) is 0 Å². The highest BCUT2D eigenvalue weighted by molar-refractivity contribution is 6.31. The number of benzene rings is 1. The summed E-state index contributed by atoms with van der Waals surface area (Å²) in [6, 6.07) is 5.18. The lowest BCUT2D eigenvalue weighted by Crippen LogP contribution is -2.50. The third kappa shape index (κ3) is 2.82. The molecule has 0 aliphatic carbocycles. The molecule has 18 heavy (non-hydrogen) atoms. The molecule has 0 heterocycles. The molecule has 0 amide bonds. The van der Waals surface area contributed by atoms with Gasteiger partial charge in [-0.05, 0) is 44.5 Å². The molecule has 0 aromatic heterocycles. The third-order valence-electron chi connectivity index (χ3n) is 2.85. The molecule has 0 fully saturated rings. The van der Waals surface area contributed by atoms with Crippen molar-refractivity contribution in [2.24, 2.45) is 0 Å². The Bertz CT molecular complexity index is 487. The molecule has 1 atom stereocenters. The molecule has 1 N–H and O–H groups in total. The first-order chi connectivity index (χ1) is 8.31. The molecule has 1 unspecified atom stereocenters. The third-order valence-corrected chi connectivity index (χ3v) is 3.27. The predicted molar refractivity (Wildman–Crippen MR) is 70.9 cm³/mol. The molecule has 0 saturated carbocycles. The number of halogens is 1. The summed E-state index contributed by atoms with van der Waals surface area (Å²) in [7, 11) is 1.25. The lowest BCUT2D eigenvalue weighted by Gasteiger charge is -2.26. The molecule has 1 rings (SSSR count). The van der Waals surface area contributed by atoms with Crippen LogP contribution in [-0.2, 0) is 14.3 Å². The van der Waals surface area contributed by atoms with Crippen LogP contribution in [0.2, 0.25) is 5.02 Å². The average molecular weight is 270 g/mol. The number of hydrogen-bond donors (Lipinski definition) is 1. The molecule has 0 aliphatic rings. The van der Waals surface area contributed by atoms with Crippen molar-refractivity contribution in [3.05, 3.63) is 28.8 Å². The maximum Gasteiger partial charge on any atom is 0.339 e. The molecule has 5 heteroatoms. The minimum absolute atomic E-state index is 0.318. The van der Waals surface area contributed by atoms with E-state index >= 15 is 0 Å². The molecular formula is C13H16ClNO3. The largest absolute Gasteiger partial charge is 0.467 e. The first-order valence-corrected chi connectivity index (χ1v) is 5.83. The standard InChI is InChI=1S/C13H16ClNO3/c1-8-7-10(5-6-11(8)14)15-13(3,9(2)16)12(17)18-4/h5-7,15H,1-4H3. The molecule has 4 nitrogen and oxygen atoms in total. The topological polar surface area (TPSA) is 55.4 Å². The molecule has 0 bridgehead atoms. The second-order valence-electron chi connectivity index (χ2n) is 4.26. The minimum atomic E-state index is -1.39. The number of methoxy groups -OCH3 is 1. The van der Waals surface area contributed by atoms with E-state index in [1.165, 1.54) is 21.0 Å². The van der Waals surface area contributed by atoms with Crippen molar-refractivity contribution < 1.29 is 14.3 Å². The number of hydrogen-bond acceptors (Lipinski definition) is 4. The van der Waals surface area contributed by atoms with Gasteiger partial charge in [-0.3, -0.25) is 4.79 Å². The molecule has 1 aromatic rings. The van der Waals surface area contributed by atoms with E-state index in [1.54, 1.807) is 18.2 Å². The zero-order valence-corrected chi connectivity index (χ0v) is 11.6. The Balaban J connectivity index is 3.08. The first-order valence-electron chi connectivity index (χ1n) is 5.45. The first kappa shape index (κ1) is 14.5. The van der Waals surface area contributed by atoms with E-state index < -0.39 is 11.5 Å². The van der Waals surface area contributed by atoms with E-state index in [-0.39, 0.29) is 5.78 Å². The number of rotatable bonds is 4. The van der Waals surface area contributed by atoms with Crippen LogP contribution in [0.5, 0.6) is 0 Å². The average Bonchev–Trinajstić information content (AvgIpc) is 2.32. The Morgan fingerprint density at radius 1 is 1.39 bits per heavy atom. The normalized spacial score (nSPS) is 13.6. The van der Waals surface area contributed by atoms with Gasteiger partial charge in [0, 0.05) is 10.7 Å². The van der Waals surface area contributed by atoms with Crippen molar-refractivity contribution in [3.63, 3.8) is 0 Å². The van der Waals surface area contributed by atoms with Crippen LogP contribution in [0.3, 0.4) is 0 Å². The van der Waals surface area contributed by atoms with Gasteiger partial charge in [0.15, 0.2) is 11.3 Å². The van der Waals surface area contributed by atoms with Crippen molar-refractivity contribution >= 4 is 29.0 Å². The predicted octanol–water partition coefficient (Wildman–Crippen LogP) is 2.58. The smallest absolute Gasteiger partial charge is 0.339 e. The Morgan fingerprint density at radius 2 is 2.00 bits per heavy atom. The quantitative estimate of drug-likeness (QED) is 0.674. The van der Waals surface area contributed by atoms with E-state index in [0.717, 1.165) is 5.56 Å². The lowest BCUT2D eigenvalue weighted by atomic mass is 9.97. The van der Waals surface area contributed by atoms with E-state index in [2.05, 4.69) is 10.1 Å². The van der Waals surface area contributed by atoms with Gasteiger partial charge in [-0.25, -0.2) is 4.79 Å². The summed E-state index contributed by atoms with van der Waals surface area (Å²) in [5, 5.41) is 3.52. The van der Waals surface area contributed by atoms with Gasteiger partial charge < -0.3 is 10.1 Å². The highest BCUT2D eigenvalue weighted by atomic mass is 35.5. The van der Waals surface area contributed by atoms with E-state index in [0.29, 0.717) is 10.7 Å². The lowest BCUT2D eigenvalue weighted by molar-refractivity contribution is -0.148. The van der Waals surface area contributed by atoms with Crippen LogP contribution in [-0.4, -0.2) is 24.4 Å². The van der Waals surface area contributed by atoms with Crippen LogP contribution in [0.1, 0.15) is 19.4 Å². The fourth-order valence-corrected chi connectivity index (χ4v) is 1.62. The van der Waals surface area contributed by atoms with E-state index in [1.807, 2.05) is 6.92 Å². The van der Waals surface area contributed by atoms with Gasteiger partial charge in [0.25, 0.3) is 0 Å². The van der Waals surface area contributed by atoms with E-state index in [9.17, 15) is 9.59 Å². The molecular weight excluding hydrogens is 254 g/mol. The van der Waals surface area contributed by atoms with Crippen molar-refractivity contribution in [1.29, 1.82) is 0 Å². The SMILES string of the molecule is COC(=O)C(C)(Nc1ccc(Cl)c(C)c1)C(C)=O. The highest BCUT2D eigenvalue weighted by Crippen LogP contribution is 2.23. The highest BCUT2D eigenvalue weighted by Gasteiger charge is 2.39. The monoisotopic (exact) mass is 269 g/mol. The second kappa shape index (κ2) is 5.40. The second-order valence-corrected chi connectivity index (χ2v) is 4.67. The van der Waals surface area contributed by atoms with Crippen molar-refractivity contribution in [2.75, 3.05) is 12.4 Å². The number of anilines is 1. The van der Waals surface area contributed by atoms with Crippen LogP contribution < -0.4 is 5.32 Å². The molecule has 0 saturated heterocycles. The van der Waals surface area contributed by atoms with Gasteiger partial charge >= 0.3 is 5.97 Å². The van der Waals surface area contributed by atoms with Gasteiger partial charge in [-0.2, -0.15) is 0 Å². The Labute approximate surface area is 111 Å². The summed E-state index contributed by atoms with van der Waals surface area (Å²) < 4.78 is 4.65. The Morgan fingerprint density at radius 3 is 2.44 bits per heavy atom. The summed E-state index contributed by atoms with van der Waals surface area (Å²) >= 11 is 5.92. The number of ketones is 1.